The van der Waals surface area contributed by atoms with Crippen LogP contribution in [0.15, 0.2) is 83.8 Å². The van der Waals surface area contributed by atoms with Crippen LogP contribution in [-0.4, -0.2) is 44.3 Å². The summed E-state index contributed by atoms with van der Waals surface area (Å²) in [6, 6.07) is 17.0. The first-order valence-electron chi connectivity index (χ1n) is 12.3. The third-order valence-corrected chi connectivity index (χ3v) is 7.71. The fraction of sp³-hybridized carbons (Fsp3) is 0.286. The van der Waals surface area contributed by atoms with E-state index in [2.05, 4.69) is 5.32 Å². The number of halogens is 2. The Kier molecular flexibility index (Phi) is 9.95. The number of benzene rings is 3. The maximum atomic E-state index is 13.8. The van der Waals surface area contributed by atoms with Crippen LogP contribution in [0.25, 0.3) is 0 Å². The Labute approximate surface area is 222 Å². The molecule has 0 aromatic heterocycles. The number of hydrogen-bond donors (Lipinski definition) is 1. The Morgan fingerprint density at radius 2 is 1.45 bits per heavy atom. The zero-order chi connectivity index (χ0) is 27.7. The number of carbonyl (C=O) groups excluding carboxylic acids is 2. The monoisotopic (exact) mass is 543 g/mol. The molecule has 0 aliphatic rings. The molecular weight excluding hydrogens is 512 g/mol. The molecule has 3 aromatic carbocycles. The van der Waals surface area contributed by atoms with E-state index in [1.807, 2.05) is 6.92 Å². The normalized spacial score (nSPS) is 12.0. The molecule has 10 heteroatoms. The zero-order valence-electron chi connectivity index (χ0n) is 21.3. The van der Waals surface area contributed by atoms with E-state index >= 15 is 0 Å². The Balaban J connectivity index is 2.02. The van der Waals surface area contributed by atoms with Crippen LogP contribution in [0.5, 0.6) is 0 Å². The van der Waals surface area contributed by atoms with Crippen molar-refractivity contribution in [3.8, 4) is 0 Å². The molecule has 0 unspecified atom stereocenters. The van der Waals surface area contributed by atoms with Gasteiger partial charge in [-0.2, -0.15) is 0 Å². The summed E-state index contributed by atoms with van der Waals surface area (Å²) in [4.78, 5) is 28.1. The van der Waals surface area contributed by atoms with Crippen molar-refractivity contribution in [1.82, 2.24) is 10.2 Å². The lowest BCUT2D eigenvalue weighted by molar-refractivity contribution is -0.140. The average molecular weight is 544 g/mol. The molecule has 2 amide bonds. The standard InChI is InChI=1S/C28H31F2N3O4S/c1-3-18-31-28(35)26(4-2)32(19-21-10-12-22(29)13-11-21)27(34)20-33(24-16-14-23(30)15-17-24)38(36,37)25-8-6-5-7-9-25/h5-17,26H,3-4,18-20H2,1-2H3,(H,31,35)/t26-/m0/s1. The lowest BCUT2D eigenvalue weighted by atomic mass is 10.1. The number of rotatable bonds is 12. The Bertz CT molecular complexity index is 1320. The maximum Gasteiger partial charge on any atom is 0.264 e. The van der Waals surface area contributed by atoms with Crippen molar-refractivity contribution in [1.29, 1.82) is 0 Å². The Morgan fingerprint density at radius 1 is 0.868 bits per heavy atom. The minimum atomic E-state index is -4.23. The van der Waals surface area contributed by atoms with Gasteiger partial charge < -0.3 is 10.2 Å². The number of anilines is 1. The van der Waals surface area contributed by atoms with E-state index in [0.717, 1.165) is 16.4 Å². The van der Waals surface area contributed by atoms with Crippen LogP contribution in [0.1, 0.15) is 32.3 Å². The lowest BCUT2D eigenvalue weighted by Gasteiger charge is -2.33. The van der Waals surface area contributed by atoms with Gasteiger partial charge in [-0.1, -0.05) is 44.2 Å². The van der Waals surface area contributed by atoms with Crippen LogP contribution in [0.4, 0.5) is 14.5 Å². The van der Waals surface area contributed by atoms with E-state index in [1.165, 1.54) is 53.4 Å². The molecule has 0 aliphatic heterocycles. The highest BCUT2D eigenvalue weighted by Gasteiger charge is 2.33. The molecule has 3 aromatic rings. The van der Waals surface area contributed by atoms with Crippen LogP contribution in [-0.2, 0) is 26.2 Å². The molecule has 0 aliphatic carbocycles. The Hall–Kier alpha value is -3.79. The van der Waals surface area contributed by atoms with Crippen LogP contribution in [0.3, 0.4) is 0 Å². The van der Waals surface area contributed by atoms with Crippen LogP contribution < -0.4 is 9.62 Å². The molecule has 1 atom stereocenters. The second kappa shape index (κ2) is 13.1. The first-order chi connectivity index (χ1) is 18.2. The molecule has 0 spiro atoms. The molecule has 0 heterocycles. The summed E-state index contributed by atoms with van der Waals surface area (Å²) in [5.41, 5.74) is 0.662. The van der Waals surface area contributed by atoms with Crippen molar-refractivity contribution in [2.45, 2.75) is 44.2 Å². The zero-order valence-corrected chi connectivity index (χ0v) is 22.1. The number of nitrogens with one attached hydrogen (secondary N) is 1. The molecule has 0 fully saturated rings. The summed E-state index contributed by atoms with van der Waals surface area (Å²) in [6.07, 6.45) is 0.964. The van der Waals surface area contributed by atoms with Crippen LogP contribution >= 0.6 is 0 Å². The largest absolute Gasteiger partial charge is 0.354 e. The van der Waals surface area contributed by atoms with Gasteiger partial charge in [-0.05, 0) is 66.9 Å². The molecule has 0 saturated carbocycles. The predicted octanol–water partition coefficient (Wildman–Crippen LogP) is 4.49. The van der Waals surface area contributed by atoms with E-state index in [4.69, 9.17) is 0 Å². The quantitative estimate of drug-likeness (QED) is 0.365. The van der Waals surface area contributed by atoms with Gasteiger partial charge in [0.15, 0.2) is 0 Å². The highest BCUT2D eigenvalue weighted by Crippen LogP contribution is 2.25. The minimum Gasteiger partial charge on any atom is -0.354 e. The topological polar surface area (TPSA) is 86.8 Å². The third kappa shape index (κ3) is 7.16. The summed E-state index contributed by atoms with van der Waals surface area (Å²) in [5.74, 6) is -2.02. The fourth-order valence-electron chi connectivity index (χ4n) is 3.93. The molecule has 7 nitrogen and oxygen atoms in total. The van der Waals surface area contributed by atoms with E-state index in [9.17, 15) is 26.8 Å². The van der Waals surface area contributed by atoms with E-state index in [0.29, 0.717) is 18.5 Å². The Morgan fingerprint density at radius 3 is 2.00 bits per heavy atom. The van der Waals surface area contributed by atoms with Gasteiger partial charge in [0.05, 0.1) is 10.6 Å². The molecule has 202 valence electrons. The number of carbonyl (C=O) groups is 2. The molecule has 3 rings (SSSR count). The summed E-state index contributed by atoms with van der Waals surface area (Å²) >= 11 is 0. The summed E-state index contributed by atoms with van der Waals surface area (Å²) in [7, 11) is -4.23. The number of hydrogen-bond acceptors (Lipinski definition) is 4. The van der Waals surface area contributed by atoms with Gasteiger partial charge in [-0.25, -0.2) is 17.2 Å². The van der Waals surface area contributed by atoms with Crippen molar-refractivity contribution in [3.63, 3.8) is 0 Å². The predicted molar refractivity (Wildman–Crippen MR) is 142 cm³/mol. The molecular formula is C28H31F2N3O4S. The number of sulfonamides is 1. The van der Waals surface area contributed by atoms with Gasteiger partial charge in [-0.3, -0.25) is 13.9 Å². The second-order valence-corrected chi connectivity index (χ2v) is 10.5. The van der Waals surface area contributed by atoms with E-state index < -0.39 is 40.2 Å². The summed E-state index contributed by atoms with van der Waals surface area (Å²) in [5, 5.41) is 2.79. The smallest absolute Gasteiger partial charge is 0.264 e. The van der Waals surface area contributed by atoms with Gasteiger partial charge in [-0.15, -0.1) is 0 Å². The van der Waals surface area contributed by atoms with Gasteiger partial charge >= 0.3 is 0 Å². The minimum absolute atomic E-state index is 0.0419. The summed E-state index contributed by atoms with van der Waals surface area (Å²) in [6.45, 7) is 3.39. The van der Waals surface area contributed by atoms with Crippen LogP contribution in [0, 0.1) is 11.6 Å². The maximum absolute atomic E-state index is 13.8. The van der Waals surface area contributed by atoms with E-state index in [-0.39, 0.29) is 29.5 Å². The third-order valence-electron chi connectivity index (χ3n) is 5.93. The van der Waals surface area contributed by atoms with Crippen molar-refractivity contribution < 1.29 is 26.8 Å². The number of amides is 2. The molecule has 0 bridgehead atoms. The van der Waals surface area contributed by atoms with Crippen LogP contribution in [0.2, 0.25) is 0 Å². The van der Waals surface area contributed by atoms with Crippen molar-refractivity contribution in [2.75, 3.05) is 17.4 Å². The van der Waals surface area contributed by atoms with Crippen molar-refractivity contribution in [3.05, 3.63) is 96.1 Å². The molecule has 0 saturated heterocycles. The highest BCUT2D eigenvalue weighted by molar-refractivity contribution is 7.92. The average Bonchev–Trinajstić information content (AvgIpc) is 2.92. The van der Waals surface area contributed by atoms with Gasteiger partial charge in [0.2, 0.25) is 11.8 Å². The van der Waals surface area contributed by atoms with Crippen molar-refractivity contribution in [2.24, 2.45) is 0 Å². The molecule has 0 radical (unpaired) electrons. The SMILES string of the molecule is CCCNC(=O)[C@H](CC)N(Cc1ccc(F)cc1)C(=O)CN(c1ccc(F)cc1)S(=O)(=O)c1ccccc1. The highest BCUT2D eigenvalue weighted by atomic mass is 32.2. The molecule has 38 heavy (non-hydrogen) atoms. The van der Waals surface area contributed by atoms with E-state index in [1.54, 1.807) is 25.1 Å². The van der Waals surface area contributed by atoms with Crippen molar-refractivity contribution >= 4 is 27.5 Å². The first-order valence-corrected chi connectivity index (χ1v) is 13.8. The fourth-order valence-corrected chi connectivity index (χ4v) is 5.36. The second-order valence-electron chi connectivity index (χ2n) is 8.66. The van der Waals surface area contributed by atoms with Gasteiger partial charge in [0, 0.05) is 13.1 Å². The molecule has 1 N–H and O–H groups in total. The van der Waals surface area contributed by atoms with Gasteiger partial charge in [0.1, 0.15) is 24.2 Å². The summed E-state index contributed by atoms with van der Waals surface area (Å²) < 4.78 is 55.3. The first kappa shape index (κ1) is 28.8. The lowest BCUT2D eigenvalue weighted by Crippen LogP contribution is -2.52. The number of nitrogens with zero attached hydrogens (tertiary/aromatic N) is 2. The van der Waals surface area contributed by atoms with Gasteiger partial charge in [0.25, 0.3) is 10.0 Å².